The van der Waals surface area contributed by atoms with Crippen molar-refractivity contribution >= 4 is 0 Å². The van der Waals surface area contributed by atoms with E-state index in [0.29, 0.717) is 0 Å². The Hall–Kier alpha value is -2.42. The molecular formula is C22H12F34O. The summed E-state index contributed by atoms with van der Waals surface area (Å²) in [6.45, 7) is 0. The molecule has 0 rings (SSSR count). The lowest BCUT2D eigenvalue weighted by atomic mass is 9.79. The Kier molecular flexibility index (Phi) is 14.0. The van der Waals surface area contributed by atoms with Crippen molar-refractivity contribution in [2.45, 2.75) is 134 Å². The van der Waals surface area contributed by atoms with Crippen LogP contribution in [0.25, 0.3) is 0 Å². The Bertz CT molecular complexity index is 1260. The van der Waals surface area contributed by atoms with E-state index in [-0.39, 0.29) is 0 Å². The maximum absolute atomic E-state index is 14.9. The van der Waals surface area contributed by atoms with Crippen LogP contribution >= 0.6 is 0 Å². The second kappa shape index (κ2) is 14.6. The van der Waals surface area contributed by atoms with E-state index >= 15 is 0 Å². The fraction of sp³-hybridized carbons (Fsp3) is 1.00. The van der Waals surface area contributed by atoms with Crippen molar-refractivity contribution in [3.8, 4) is 0 Å². The summed E-state index contributed by atoms with van der Waals surface area (Å²) < 4.78 is 464. The summed E-state index contributed by atoms with van der Waals surface area (Å²) in [6, 6.07) is 0. The minimum atomic E-state index is -9.43. The normalized spacial score (nSPS) is 18.4. The van der Waals surface area contributed by atoms with E-state index in [0.717, 1.165) is 4.74 Å². The second-order valence-electron chi connectivity index (χ2n) is 11.4. The van der Waals surface area contributed by atoms with Crippen LogP contribution in [0.2, 0.25) is 0 Å². The van der Waals surface area contributed by atoms with Gasteiger partial charge in [-0.2, -0.15) is 140 Å². The maximum atomic E-state index is 14.9. The Labute approximate surface area is 289 Å². The average Bonchev–Trinajstić information content (AvgIpc) is 2.91. The SMILES string of the molecule is FC(F)(F)CCC(F)(F)C(F)(F)C(F)(F)C(F)(CC(F)(F)F)C(F)(F)C(F)(F)OC(F)(F)C(F)(F)C(F)(CC(F)(F)F)C(F)(F)C(F)(F)C(F)(F)CCC(F)(F)F. The summed E-state index contributed by atoms with van der Waals surface area (Å²) in [5, 5.41) is 0. The highest BCUT2D eigenvalue weighted by Gasteiger charge is 2.94. The van der Waals surface area contributed by atoms with Gasteiger partial charge in [0.1, 0.15) is 0 Å². The van der Waals surface area contributed by atoms with Crippen LogP contribution in [0.3, 0.4) is 0 Å². The molecule has 35 heteroatoms. The summed E-state index contributed by atoms with van der Waals surface area (Å²) >= 11 is 0. The summed E-state index contributed by atoms with van der Waals surface area (Å²) in [6.07, 6.45) is -72.5. The Balaban J connectivity index is 7.89. The molecule has 0 aromatic heterocycles. The molecule has 0 N–H and O–H groups in total. The van der Waals surface area contributed by atoms with Crippen LogP contribution in [0.15, 0.2) is 0 Å². The predicted molar refractivity (Wildman–Crippen MR) is 110 cm³/mol. The molecule has 0 aliphatic rings. The van der Waals surface area contributed by atoms with Crippen molar-refractivity contribution in [1.29, 1.82) is 0 Å². The van der Waals surface area contributed by atoms with Crippen molar-refractivity contribution in [2.75, 3.05) is 0 Å². The Morgan fingerprint density at radius 3 is 0.614 bits per heavy atom. The lowest BCUT2D eigenvalue weighted by Gasteiger charge is -2.47. The molecule has 0 saturated heterocycles. The molecule has 57 heavy (non-hydrogen) atoms. The van der Waals surface area contributed by atoms with Crippen LogP contribution in [0.5, 0.6) is 0 Å². The average molecular weight is 938 g/mol. The summed E-state index contributed by atoms with van der Waals surface area (Å²) in [7, 11) is 0. The smallest absolute Gasteiger partial charge is 0.245 e. The van der Waals surface area contributed by atoms with Crippen molar-refractivity contribution in [3.63, 3.8) is 0 Å². The monoisotopic (exact) mass is 938 g/mol. The minimum absolute atomic E-state index is 0.837. The third kappa shape index (κ3) is 9.97. The molecule has 0 aliphatic heterocycles. The van der Waals surface area contributed by atoms with Crippen molar-refractivity contribution in [1.82, 2.24) is 0 Å². The first-order chi connectivity index (χ1) is 24.0. The third-order valence-electron chi connectivity index (χ3n) is 7.02. The first-order valence-corrected chi connectivity index (χ1v) is 13.2. The van der Waals surface area contributed by atoms with E-state index < -0.39 is 134 Å². The van der Waals surface area contributed by atoms with Gasteiger partial charge in [-0.25, -0.2) is 13.5 Å². The molecule has 0 aliphatic carbocycles. The van der Waals surface area contributed by atoms with Gasteiger partial charge in [-0.05, 0) is 0 Å². The Morgan fingerprint density at radius 1 is 0.228 bits per heavy atom. The van der Waals surface area contributed by atoms with Crippen LogP contribution in [0.4, 0.5) is 149 Å². The van der Waals surface area contributed by atoms with Crippen LogP contribution in [-0.4, -0.2) is 95.6 Å². The number of hydrogen-bond donors (Lipinski definition) is 0. The zero-order chi connectivity index (χ0) is 46.9. The van der Waals surface area contributed by atoms with Crippen LogP contribution in [-0.2, 0) is 4.74 Å². The molecule has 2 atom stereocenters. The Morgan fingerprint density at radius 2 is 0.439 bits per heavy atom. The van der Waals surface area contributed by atoms with Gasteiger partial charge in [-0.15, -0.1) is 0 Å². The second-order valence-corrected chi connectivity index (χ2v) is 11.4. The molecule has 2 unspecified atom stereocenters. The number of ether oxygens (including phenoxy) is 1. The quantitative estimate of drug-likeness (QED) is 0.124. The zero-order valence-corrected chi connectivity index (χ0v) is 25.5. The van der Waals surface area contributed by atoms with Crippen LogP contribution in [0.1, 0.15) is 38.5 Å². The fourth-order valence-electron chi connectivity index (χ4n) is 4.01. The maximum Gasteiger partial charge on any atom is 0.427 e. The summed E-state index contributed by atoms with van der Waals surface area (Å²) in [4.78, 5) is 0. The van der Waals surface area contributed by atoms with Gasteiger partial charge in [0.15, 0.2) is 0 Å². The van der Waals surface area contributed by atoms with E-state index in [1.807, 2.05) is 0 Å². The van der Waals surface area contributed by atoms with E-state index in [1.54, 1.807) is 0 Å². The van der Waals surface area contributed by atoms with E-state index in [1.165, 1.54) is 0 Å². The van der Waals surface area contributed by atoms with Crippen molar-refractivity contribution in [3.05, 3.63) is 0 Å². The van der Waals surface area contributed by atoms with Crippen molar-refractivity contribution in [2.24, 2.45) is 0 Å². The molecule has 0 aromatic carbocycles. The van der Waals surface area contributed by atoms with Gasteiger partial charge >= 0.3 is 84.3 Å². The first-order valence-electron chi connectivity index (χ1n) is 13.2. The summed E-state index contributed by atoms with van der Waals surface area (Å²) in [5.74, 6) is -69.6. The number of hydrogen-bond acceptors (Lipinski definition) is 1. The van der Waals surface area contributed by atoms with Gasteiger partial charge < -0.3 is 0 Å². The predicted octanol–water partition coefficient (Wildman–Crippen LogP) is 13.3. The molecule has 0 heterocycles. The van der Waals surface area contributed by atoms with E-state index in [2.05, 4.69) is 0 Å². The van der Waals surface area contributed by atoms with Gasteiger partial charge in [0, 0.05) is 25.7 Å². The minimum Gasteiger partial charge on any atom is -0.245 e. The highest BCUT2D eigenvalue weighted by atomic mass is 19.4. The van der Waals surface area contributed by atoms with Gasteiger partial charge in [-0.3, -0.25) is 0 Å². The van der Waals surface area contributed by atoms with Crippen LogP contribution in [0, 0.1) is 0 Å². The highest BCUT2D eigenvalue weighted by Crippen LogP contribution is 2.66. The molecule has 0 bridgehead atoms. The summed E-state index contributed by atoms with van der Waals surface area (Å²) in [5.41, 5.74) is -17.9. The standard InChI is InChI=1S/C22H12F34O/c23-7(5-13(35,36)37,15(41,42)19(49,50)9(25,26)1-3-11(29,30)31)17(45,46)21(53,54)57-22(55,56)18(47,48)8(24,6-14(38,39)40)16(43,44)20(51,52)10(27,28)2-4-12(32,33)34/h1-6H2. The van der Waals surface area contributed by atoms with E-state index in [4.69, 9.17) is 0 Å². The molecule has 0 saturated carbocycles. The fourth-order valence-corrected chi connectivity index (χ4v) is 4.01. The van der Waals surface area contributed by atoms with Gasteiger partial charge in [0.05, 0.1) is 12.8 Å². The zero-order valence-electron chi connectivity index (χ0n) is 25.5. The lowest BCUT2D eigenvalue weighted by molar-refractivity contribution is -0.513. The third-order valence-corrected chi connectivity index (χ3v) is 7.02. The topological polar surface area (TPSA) is 9.23 Å². The molecule has 0 aromatic rings. The number of alkyl halides is 34. The molecule has 0 spiro atoms. The van der Waals surface area contributed by atoms with Gasteiger partial charge in [0.25, 0.3) is 11.3 Å². The first kappa shape index (κ1) is 54.6. The van der Waals surface area contributed by atoms with Gasteiger partial charge in [0.2, 0.25) is 0 Å². The van der Waals surface area contributed by atoms with Crippen LogP contribution < -0.4 is 0 Å². The number of halogens is 34. The largest absolute Gasteiger partial charge is 0.427 e. The molecule has 0 radical (unpaired) electrons. The highest BCUT2D eigenvalue weighted by molar-refractivity contribution is 5.18. The molecular weight excluding hydrogens is 926 g/mol. The van der Waals surface area contributed by atoms with E-state index in [9.17, 15) is 149 Å². The number of rotatable bonds is 18. The van der Waals surface area contributed by atoms with Gasteiger partial charge in [-0.1, -0.05) is 0 Å². The van der Waals surface area contributed by atoms with Crippen molar-refractivity contribution < 1.29 is 154 Å². The molecule has 344 valence electrons. The molecule has 1 nitrogen and oxygen atoms in total. The molecule has 0 fully saturated rings. The molecule has 0 amide bonds. The lowest BCUT2D eigenvalue weighted by Crippen LogP contribution is -2.76.